The van der Waals surface area contributed by atoms with Crippen LogP contribution in [-0.4, -0.2) is 20.7 Å². The van der Waals surface area contributed by atoms with Crippen molar-refractivity contribution < 1.29 is 4.79 Å². The van der Waals surface area contributed by atoms with Crippen molar-refractivity contribution in [3.63, 3.8) is 0 Å². The van der Waals surface area contributed by atoms with Gasteiger partial charge in [-0.25, -0.2) is 0 Å². The molecule has 0 saturated heterocycles. The molecule has 1 aliphatic rings. The molecule has 5 nitrogen and oxygen atoms in total. The molecular formula is C20H20N4OS. The van der Waals surface area contributed by atoms with Gasteiger partial charge in [-0.3, -0.25) is 4.79 Å². The Balaban J connectivity index is 1.51. The number of aromatic nitrogens is 3. The van der Waals surface area contributed by atoms with Gasteiger partial charge in [0.2, 0.25) is 5.91 Å². The van der Waals surface area contributed by atoms with Crippen LogP contribution >= 0.6 is 11.8 Å². The van der Waals surface area contributed by atoms with Crippen molar-refractivity contribution in [1.82, 2.24) is 14.8 Å². The molecule has 0 aliphatic heterocycles. The number of benzene rings is 2. The Morgan fingerprint density at radius 1 is 1.04 bits per heavy atom. The van der Waals surface area contributed by atoms with Crippen molar-refractivity contribution in [2.45, 2.75) is 36.2 Å². The van der Waals surface area contributed by atoms with Crippen LogP contribution < -0.4 is 5.73 Å². The summed E-state index contributed by atoms with van der Waals surface area (Å²) in [5.74, 6) is 2.02. The standard InChI is InChI=1S/C20H20N4OS/c21-18(25)16-8-6-15(7-9-16)13-26-20-23-22-19(17-10-11-17)24(20)12-14-4-2-1-3-5-14/h1-9,17H,10-13H2,(H2,21,25). The van der Waals surface area contributed by atoms with E-state index in [-0.39, 0.29) is 0 Å². The van der Waals surface area contributed by atoms with Crippen molar-refractivity contribution in [3.05, 3.63) is 77.1 Å². The first-order valence-electron chi connectivity index (χ1n) is 8.69. The van der Waals surface area contributed by atoms with E-state index in [2.05, 4.69) is 39.0 Å². The number of rotatable bonds is 7. The van der Waals surface area contributed by atoms with Crippen LogP contribution in [0.25, 0.3) is 0 Å². The number of thioether (sulfide) groups is 1. The van der Waals surface area contributed by atoms with Gasteiger partial charge < -0.3 is 10.3 Å². The number of amides is 1. The average molecular weight is 364 g/mol. The zero-order chi connectivity index (χ0) is 17.9. The highest BCUT2D eigenvalue weighted by Gasteiger charge is 2.30. The summed E-state index contributed by atoms with van der Waals surface area (Å²) in [5.41, 5.74) is 8.20. The van der Waals surface area contributed by atoms with E-state index in [9.17, 15) is 4.79 Å². The van der Waals surface area contributed by atoms with Gasteiger partial charge in [0, 0.05) is 17.2 Å². The summed E-state index contributed by atoms with van der Waals surface area (Å²) < 4.78 is 2.25. The van der Waals surface area contributed by atoms with Crippen molar-refractivity contribution in [3.8, 4) is 0 Å². The molecule has 0 bridgehead atoms. The van der Waals surface area contributed by atoms with E-state index in [1.165, 1.54) is 18.4 Å². The summed E-state index contributed by atoms with van der Waals surface area (Å²) in [6.07, 6.45) is 2.40. The van der Waals surface area contributed by atoms with Crippen LogP contribution in [-0.2, 0) is 12.3 Å². The first kappa shape index (κ1) is 16.8. The maximum absolute atomic E-state index is 11.2. The lowest BCUT2D eigenvalue weighted by molar-refractivity contribution is 0.100. The van der Waals surface area contributed by atoms with E-state index in [0.717, 1.165) is 28.8 Å². The molecule has 26 heavy (non-hydrogen) atoms. The number of nitrogens with zero attached hydrogens (tertiary/aromatic N) is 3. The third-order valence-electron chi connectivity index (χ3n) is 4.48. The Morgan fingerprint density at radius 3 is 2.42 bits per heavy atom. The molecule has 4 rings (SSSR count). The summed E-state index contributed by atoms with van der Waals surface area (Å²) >= 11 is 1.67. The minimum atomic E-state index is -0.402. The second-order valence-electron chi connectivity index (χ2n) is 6.54. The summed E-state index contributed by atoms with van der Waals surface area (Å²) in [5, 5.41) is 9.83. The van der Waals surface area contributed by atoms with Gasteiger partial charge in [-0.05, 0) is 36.1 Å². The lowest BCUT2D eigenvalue weighted by atomic mass is 10.1. The van der Waals surface area contributed by atoms with Crippen LogP contribution in [0.2, 0.25) is 0 Å². The Labute approximate surface area is 156 Å². The highest BCUT2D eigenvalue weighted by Crippen LogP contribution is 2.40. The fraction of sp³-hybridized carbons (Fsp3) is 0.250. The van der Waals surface area contributed by atoms with Gasteiger partial charge in [0.05, 0.1) is 6.54 Å². The number of carbonyl (C=O) groups excluding carboxylic acids is 1. The van der Waals surface area contributed by atoms with Crippen LogP contribution in [0.5, 0.6) is 0 Å². The van der Waals surface area contributed by atoms with Crippen molar-refractivity contribution in [2.24, 2.45) is 5.73 Å². The Bertz CT molecular complexity index is 901. The van der Waals surface area contributed by atoms with Crippen molar-refractivity contribution in [1.29, 1.82) is 0 Å². The minimum absolute atomic E-state index is 0.402. The smallest absolute Gasteiger partial charge is 0.248 e. The van der Waals surface area contributed by atoms with E-state index in [1.807, 2.05) is 18.2 Å². The predicted molar refractivity (Wildman–Crippen MR) is 102 cm³/mol. The number of hydrogen-bond acceptors (Lipinski definition) is 4. The van der Waals surface area contributed by atoms with Gasteiger partial charge in [0.25, 0.3) is 0 Å². The summed E-state index contributed by atoms with van der Waals surface area (Å²) in [6.45, 7) is 0.794. The SMILES string of the molecule is NC(=O)c1ccc(CSc2nnc(C3CC3)n2Cc2ccccc2)cc1. The molecule has 1 fully saturated rings. The summed E-state index contributed by atoms with van der Waals surface area (Å²) in [7, 11) is 0. The third kappa shape index (κ3) is 3.80. The van der Waals surface area contributed by atoms with Gasteiger partial charge in [-0.1, -0.05) is 54.2 Å². The topological polar surface area (TPSA) is 73.8 Å². The van der Waals surface area contributed by atoms with Gasteiger partial charge in [0.1, 0.15) is 5.82 Å². The van der Waals surface area contributed by atoms with Gasteiger partial charge >= 0.3 is 0 Å². The van der Waals surface area contributed by atoms with Crippen molar-refractivity contribution in [2.75, 3.05) is 0 Å². The molecule has 2 N–H and O–H groups in total. The fourth-order valence-corrected chi connectivity index (χ4v) is 3.78. The molecular weight excluding hydrogens is 344 g/mol. The van der Waals surface area contributed by atoms with Crippen LogP contribution in [0.15, 0.2) is 59.8 Å². The molecule has 0 unspecified atom stereocenters. The number of primary amides is 1. The third-order valence-corrected chi connectivity index (χ3v) is 5.52. The molecule has 1 saturated carbocycles. The first-order valence-corrected chi connectivity index (χ1v) is 9.68. The van der Waals surface area contributed by atoms with E-state index in [4.69, 9.17) is 5.73 Å². The Morgan fingerprint density at radius 2 is 1.77 bits per heavy atom. The molecule has 0 radical (unpaired) electrons. The van der Waals surface area contributed by atoms with Crippen LogP contribution in [0.4, 0.5) is 0 Å². The first-order chi connectivity index (χ1) is 12.7. The number of carbonyl (C=O) groups is 1. The predicted octanol–water partition coefficient (Wildman–Crippen LogP) is 3.60. The van der Waals surface area contributed by atoms with Crippen LogP contribution in [0.3, 0.4) is 0 Å². The largest absolute Gasteiger partial charge is 0.366 e. The van der Waals surface area contributed by atoms with Gasteiger partial charge in [-0.2, -0.15) is 0 Å². The van der Waals surface area contributed by atoms with E-state index in [0.29, 0.717) is 11.5 Å². The highest BCUT2D eigenvalue weighted by atomic mass is 32.2. The quantitative estimate of drug-likeness (QED) is 0.650. The zero-order valence-electron chi connectivity index (χ0n) is 14.3. The molecule has 6 heteroatoms. The highest BCUT2D eigenvalue weighted by molar-refractivity contribution is 7.98. The van der Waals surface area contributed by atoms with Crippen molar-refractivity contribution >= 4 is 17.7 Å². The molecule has 0 spiro atoms. The molecule has 1 amide bonds. The second kappa shape index (κ2) is 7.33. The van der Waals surface area contributed by atoms with E-state index in [1.54, 1.807) is 23.9 Å². The molecule has 2 aromatic carbocycles. The molecule has 1 heterocycles. The number of hydrogen-bond donors (Lipinski definition) is 1. The molecule has 1 aliphatic carbocycles. The zero-order valence-corrected chi connectivity index (χ0v) is 15.2. The summed E-state index contributed by atoms with van der Waals surface area (Å²) in [4.78, 5) is 11.2. The minimum Gasteiger partial charge on any atom is -0.366 e. The Kier molecular flexibility index (Phi) is 4.75. The van der Waals surface area contributed by atoms with Crippen LogP contribution in [0, 0.1) is 0 Å². The molecule has 3 aromatic rings. The van der Waals surface area contributed by atoms with E-state index < -0.39 is 5.91 Å². The average Bonchev–Trinajstić information content (AvgIpc) is 3.43. The molecule has 0 atom stereocenters. The normalized spacial score (nSPS) is 13.7. The number of nitrogens with two attached hydrogens (primary N) is 1. The lowest BCUT2D eigenvalue weighted by Crippen LogP contribution is -2.10. The second-order valence-corrected chi connectivity index (χ2v) is 7.48. The Hall–Kier alpha value is -2.60. The van der Waals surface area contributed by atoms with E-state index >= 15 is 0 Å². The fourth-order valence-electron chi connectivity index (χ4n) is 2.88. The van der Waals surface area contributed by atoms with Crippen LogP contribution in [0.1, 0.15) is 46.1 Å². The molecule has 132 valence electrons. The lowest BCUT2D eigenvalue weighted by Gasteiger charge is -2.10. The molecule has 1 aromatic heterocycles. The van der Waals surface area contributed by atoms with Gasteiger partial charge in [0.15, 0.2) is 5.16 Å². The maximum Gasteiger partial charge on any atom is 0.248 e. The maximum atomic E-state index is 11.2. The van der Waals surface area contributed by atoms with Gasteiger partial charge in [-0.15, -0.1) is 10.2 Å². The monoisotopic (exact) mass is 364 g/mol. The summed E-state index contributed by atoms with van der Waals surface area (Å²) in [6, 6.07) is 17.8.